The van der Waals surface area contributed by atoms with Crippen LogP contribution < -0.4 is 0 Å². The maximum atomic E-state index is 11.3. The Hall–Kier alpha value is -1.65. The van der Waals surface area contributed by atoms with Crippen LogP contribution in [0.4, 0.5) is 0 Å². The summed E-state index contributed by atoms with van der Waals surface area (Å²) in [5, 5.41) is 22.0. The van der Waals surface area contributed by atoms with Crippen molar-refractivity contribution in [3.63, 3.8) is 0 Å². The number of carbonyl (C=O) groups is 1. The van der Waals surface area contributed by atoms with Crippen molar-refractivity contribution in [2.75, 3.05) is 0 Å². The van der Waals surface area contributed by atoms with Gasteiger partial charge in [0.15, 0.2) is 0 Å². The van der Waals surface area contributed by atoms with E-state index in [-0.39, 0.29) is 5.56 Å². The molecule has 1 aliphatic carbocycles. The highest BCUT2D eigenvalue weighted by Crippen LogP contribution is 2.43. The largest absolute Gasteiger partial charge is 0.478 e. The third-order valence-electron chi connectivity index (χ3n) is 3.72. The molecule has 0 saturated heterocycles. The number of benzene rings is 1. The van der Waals surface area contributed by atoms with Gasteiger partial charge in [-0.1, -0.05) is 24.3 Å². The van der Waals surface area contributed by atoms with Crippen LogP contribution in [0.2, 0.25) is 0 Å². The lowest BCUT2D eigenvalue weighted by molar-refractivity contribution is 0.0578. The van der Waals surface area contributed by atoms with Crippen molar-refractivity contribution in [2.45, 2.75) is 24.9 Å². The van der Waals surface area contributed by atoms with Crippen LogP contribution in [0.5, 0.6) is 0 Å². The summed E-state index contributed by atoms with van der Waals surface area (Å²) < 4.78 is 0. The van der Waals surface area contributed by atoms with Gasteiger partial charge in [0.1, 0.15) is 5.60 Å². The van der Waals surface area contributed by atoms with E-state index in [1.807, 2.05) is 24.3 Å². The van der Waals surface area contributed by atoms with E-state index in [1.54, 1.807) is 11.4 Å². The van der Waals surface area contributed by atoms with Crippen LogP contribution in [-0.2, 0) is 12.0 Å². The first-order valence-electron chi connectivity index (χ1n) is 6.25. The third kappa shape index (κ3) is 1.88. The molecule has 2 N–H and O–H groups in total. The summed E-state index contributed by atoms with van der Waals surface area (Å²) in [4.78, 5) is 11.8. The molecule has 0 spiro atoms. The fourth-order valence-electron chi connectivity index (χ4n) is 2.84. The number of aryl methyl sites for hydroxylation is 1. The van der Waals surface area contributed by atoms with Crippen molar-refractivity contribution in [1.29, 1.82) is 0 Å². The summed E-state index contributed by atoms with van der Waals surface area (Å²) in [6.45, 7) is 0. The molecule has 0 radical (unpaired) electrons. The fraction of sp³-hybridized carbons (Fsp3) is 0.267. The number of hydrogen-bond acceptors (Lipinski definition) is 3. The number of hydrogen-bond donors (Lipinski definition) is 2. The molecule has 4 heteroatoms. The molecule has 1 atom stereocenters. The summed E-state index contributed by atoms with van der Waals surface area (Å²) >= 11 is 1.32. The number of fused-ring (bicyclic) bond motifs is 1. The zero-order valence-electron chi connectivity index (χ0n) is 10.3. The van der Waals surface area contributed by atoms with Gasteiger partial charge in [-0.05, 0) is 41.8 Å². The van der Waals surface area contributed by atoms with Crippen molar-refractivity contribution in [2.24, 2.45) is 0 Å². The molecule has 0 saturated carbocycles. The van der Waals surface area contributed by atoms with Gasteiger partial charge in [0.2, 0.25) is 0 Å². The first kappa shape index (κ1) is 12.4. The van der Waals surface area contributed by atoms with Gasteiger partial charge in [-0.25, -0.2) is 4.79 Å². The molecule has 1 aromatic carbocycles. The normalized spacial score (nSPS) is 21.9. The molecule has 1 heterocycles. The molecule has 0 fully saturated rings. The molecule has 19 heavy (non-hydrogen) atoms. The second kappa shape index (κ2) is 4.47. The first-order valence-corrected chi connectivity index (χ1v) is 7.13. The molecular weight excluding hydrogens is 260 g/mol. The van der Waals surface area contributed by atoms with Gasteiger partial charge in [-0.3, -0.25) is 0 Å². The minimum atomic E-state index is -1.16. The minimum absolute atomic E-state index is 0.212. The zero-order valence-corrected chi connectivity index (χ0v) is 11.1. The number of aromatic carboxylic acids is 1. The Bertz CT molecular complexity index is 632. The molecule has 0 bridgehead atoms. The Morgan fingerprint density at radius 3 is 2.84 bits per heavy atom. The lowest BCUT2D eigenvalue weighted by Crippen LogP contribution is -2.32. The minimum Gasteiger partial charge on any atom is -0.478 e. The zero-order chi connectivity index (χ0) is 13.5. The van der Waals surface area contributed by atoms with E-state index < -0.39 is 11.6 Å². The first-order chi connectivity index (χ1) is 9.13. The number of rotatable bonds is 2. The number of aliphatic hydroxyl groups is 1. The quantitative estimate of drug-likeness (QED) is 0.885. The van der Waals surface area contributed by atoms with Gasteiger partial charge in [-0.15, -0.1) is 11.3 Å². The second-order valence-electron chi connectivity index (χ2n) is 4.84. The molecule has 1 aromatic heterocycles. The lowest BCUT2D eigenvalue weighted by Gasteiger charge is -2.34. The predicted octanol–water partition coefficient (Wildman–Crippen LogP) is 3.02. The Labute approximate surface area is 115 Å². The Morgan fingerprint density at radius 1 is 1.26 bits per heavy atom. The average molecular weight is 274 g/mol. The summed E-state index contributed by atoms with van der Waals surface area (Å²) in [5.41, 5.74) is 1.02. The Morgan fingerprint density at radius 2 is 2.05 bits per heavy atom. The molecule has 3 nitrogen and oxygen atoms in total. The summed E-state index contributed by atoms with van der Waals surface area (Å²) in [6, 6.07) is 9.32. The molecule has 1 aliphatic rings. The standard InChI is InChI=1S/C15H14O3S/c16-14(17)11-7-9-19-13(11)15(18)8-3-5-10-4-1-2-6-12(10)15/h1-2,4,6-7,9,18H,3,5,8H2,(H,16,17). The monoisotopic (exact) mass is 274 g/mol. The molecule has 98 valence electrons. The Balaban J connectivity index is 2.19. The van der Waals surface area contributed by atoms with Crippen LogP contribution in [0.25, 0.3) is 0 Å². The van der Waals surface area contributed by atoms with E-state index in [9.17, 15) is 15.0 Å². The third-order valence-corrected chi connectivity index (χ3v) is 4.78. The Kier molecular flexibility index (Phi) is 2.92. The van der Waals surface area contributed by atoms with Crippen LogP contribution >= 0.6 is 11.3 Å². The average Bonchev–Trinajstić information content (AvgIpc) is 2.89. The van der Waals surface area contributed by atoms with Crippen LogP contribution in [0, 0.1) is 0 Å². The van der Waals surface area contributed by atoms with Gasteiger partial charge in [0, 0.05) is 0 Å². The van der Waals surface area contributed by atoms with Gasteiger partial charge < -0.3 is 10.2 Å². The molecule has 0 aliphatic heterocycles. The summed E-state index contributed by atoms with van der Waals surface area (Å²) in [7, 11) is 0. The van der Waals surface area contributed by atoms with E-state index >= 15 is 0 Å². The summed E-state index contributed by atoms with van der Waals surface area (Å²) in [5.74, 6) is -0.979. The van der Waals surface area contributed by atoms with Crippen molar-refractivity contribution < 1.29 is 15.0 Å². The number of carboxylic acid groups (broad SMARTS) is 1. The van der Waals surface area contributed by atoms with Crippen molar-refractivity contribution in [3.8, 4) is 0 Å². The highest BCUT2D eigenvalue weighted by atomic mass is 32.1. The second-order valence-corrected chi connectivity index (χ2v) is 5.76. The van der Waals surface area contributed by atoms with Crippen LogP contribution in [0.15, 0.2) is 35.7 Å². The van der Waals surface area contributed by atoms with Gasteiger partial charge in [0.25, 0.3) is 0 Å². The molecule has 2 aromatic rings. The van der Waals surface area contributed by atoms with E-state index in [4.69, 9.17) is 0 Å². The molecule has 0 amide bonds. The van der Waals surface area contributed by atoms with Gasteiger partial charge >= 0.3 is 5.97 Å². The maximum Gasteiger partial charge on any atom is 0.336 e. The molecule has 1 unspecified atom stereocenters. The smallest absolute Gasteiger partial charge is 0.336 e. The number of thiophene rings is 1. The maximum absolute atomic E-state index is 11.3. The van der Waals surface area contributed by atoms with E-state index in [0.717, 1.165) is 24.0 Å². The molecular formula is C15H14O3S. The predicted molar refractivity (Wildman–Crippen MR) is 73.7 cm³/mol. The van der Waals surface area contributed by atoms with Gasteiger partial charge in [0.05, 0.1) is 10.4 Å². The summed E-state index contributed by atoms with van der Waals surface area (Å²) in [6.07, 6.45) is 2.38. The number of carboxylic acids is 1. The highest BCUT2D eigenvalue weighted by Gasteiger charge is 2.39. The van der Waals surface area contributed by atoms with E-state index in [0.29, 0.717) is 11.3 Å². The van der Waals surface area contributed by atoms with Crippen molar-refractivity contribution >= 4 is 17.3 Å². The van der Waals surface area contributed by atoms with Crippen LogP contribution in [0.1, 0.15) is 39.2 Å². The van der Waals surface area contributed by atoms with E-state index in [2.05, 4.69) is 0 Å². The van der Waals surface area contributed by atoms with Crippen LogP contribution in [0.3, 0.4) is 0 Å². The molecule has 3 rings (SSSR count). The topological polar surface area (TPSA) is 57.5 Å². The van der Waals surface area contributed by atoms with E-state index in [1.165, 1.54) is 11.3 Å². The SMILES string of the molecule is O=C(O)c1ccsc1C1(O)CCCc2ccccc21. The fourth-order valence-corrected chi connectivity index (χ4v) is 3.87. The highest BCUT2D eigenvalue weighted by molar-refractivity contribution is 7.10. The van der Waals surface area contributed by atoms with Crippen LogP contribution in [-0.4, -0.2) is 16.2 Å². The van der Waals surface area contributed by atoms with Crippen molar-refractivity contribution in [3.05, 3.63) is 57.3 Å². The van der Waals surface area contributed by atoms with Crippen molar-refractivity contribution in [1.82, 2.24) is 0 Å². The lowest BCUT2D eigenvalue weighted by atomic mass is 9.77. The van der Waals surface area contributed by atoms with Gasteiger partial charge in [-0.2, -0.15) is 0 Å².